The number of aliphatic hydroxyl groups is 1. The van der Waals surface area contributed by atoms with E-state index in [4.69, 9.17) is 4.74 Å². The molecule has 0 spiro atoms. The smallest absolute Gasteiger partial charge is 0.410 e. The molecule has 0 aliphatic carbocycles. The molecule has 5 heteroatoms. The van der Waals surface area contributed by atoms with E-state index in [-0.39, 0.29) is 24.8 Å². The lowest BCUT2D eigenvalue weighted by Gasteiger charge is -2.35. The number of amides is 1. The third-order valence-corrected chi connectivity index (χ3v) is 3.71. The molecule has 2 rings (SSSR count). The first-order valence-electron chi connectivity index (χ1n) is 6.75. The average Bonchev–Trinajstić information content (AvgIpc) is 2.64. The molecular formula is C13H24N2O3. The maximum absolute atomic E-state index is 12.3. The summed E-state index contributed by atoms with van der Waals surface area (Å²) in [6.45, 7) is 7.49. The van der Waals surface area contributed by atoms with Crippen molar-refractivity contribution in [3.8, 4) is 0 Å². The molecule has 2 N–H and O–H groups in total. The molecule has 2 saturated heterocycles. The molecule has 0 aromatic carbocycles. The summed E-state index contributed by atoms with van der Waals surface area (Å²) < 4.78 is 5.46. The lowest BCUT2D eigenvalue weighted by molar-refractivity contribution is 0.00572. The van der Waals surface area contributed by atoms with Crippen LogP contribution in [0.2, 0.25) is 0 Å². The van der Waals surface area contributed by atoms with Crippen LogP contribution in [0.15, 0.2) is 0 Å². The van der Waals surface area contributed by atoms with Gasteiger partial charge in [-0.05, 0) is 52.6 Å². The minimum Gasteiger partial charge on any atom is -0.444 e. The average molecular weight is 256 g/mol. The monoisotopic (exact) mass is 256 g/mol. The van der Waals surface area contributed by atoms with Crippen molar-refractivity contribution in [2.45, 2.75) is 51.3 Å². The standard InChI is InChI=1S/C13H24N2O3/c1-13(2,3)18-12(17)15-10(8-16)6-9-7-14-5-4-11(9)15/h9-11,14,16H,4-8H2,1-3H3. The van der Waals surface area contributed by atoms with E-state index in [0.29, 0.717) is 5.92 Å². The van der Waals surface area contributed by atoms with Crippen molar-refractivity contribution >= 4 is 6.09 Å². The Labute approximate surface area is 108 Å². The Morgan fingerprint density at radius 2 is 2.22 bits per heavy atom. The Morgan fingerprint density at radius 1 is 1.50 bits per heavy atom. The van der Waals surface area contributed by atoms with E-state index in [2.05, 4.69) is 5.32 Å². The number of hydrogen-bond acceptors (Lipinski definition) is 4. The van der Waals surface area contributed by atoms with Crippen molar-refractivity contribution in [1.82, 2.24) is 10.2 Å². The van der Waals surface area contributed by atoms with E-state index in [1.165, 1.54) is 0 Å². The molecule has 0 radical (unpaired) electrons. The van der Waals surface area contributed by atoms with Gasteiger partial charge in [0.25, 0.3) is 0 Å². The van der Waals surface area contributed by atoms with Crippen LogP contribution in [0.5, 0.6) is 0 Å². The van der Waals surface area contributed by atoms with Gasteiger partial charge in [0.2, 0.25) is 0 Å². The summed E-state index contributed by atoms with van der Waals surface area (Å²) in [7, 11) is 0. The van der Waals surface area contributed by atoms with Gasteiger partial charge in [-0.15, -0.1) is 0 Å². The molecule has 3 atom stereocenters. The first-order chi connectivity index (χ1) is 8.42. The molecule has 2 aliphatic rings. The third-order valence-electron chi connectivity index (χ3n) is 3.71. The van der Waals surface area contributed by atoms with E-state index < -0.39 is 5.60 Å². The number of aliphatic hydroxyl groups excluding tert-OH is 1. The molecule has 104 valence electrons. The van der Waals surface area contributed by atoms with Gasteiger partial charge in [-0.25, -0.2) is 4.79 Å². The molecule has 2 heterocycles. The molecule has 0 aromatic rings. The van der Waals surface area contributed by atoms with Crippen LogP contribution in [0, 0.1) is 5.92 Å². The summed E-state index contributed by atoms with van der Waals surface area (Å²) in [5.74, 6) is 0.448. The van der Waals surface area contributed by atoms with Crippen LogP contribution < -0.4 is 5.32 Å². The van der Waals surface area contributed by atoms with Gasteiger partial charge in [-0.3, -0.25) is 4.90 Å². The molecule has 0 bridgehead atoms. The number of nitrogens with zero attached hydrogens (tertiary/aromatic N) is 1. The Morgan fingerprint density at radius 3 is 2.83 bits per heavy atom. The maximum Gasteiger partial charge on any atom is 0.410 e. The zero-order valence-corrected chi connectivity index (χ0v) is 11.5. The normalized spacial score (nSPS) is 32.2. The van der Waals surface area contributed by atoms with Gasteiger partial charge in [0.1, 0.15) is 5.60 Å². The second kappa shape index (κ2) is 5.05. The van der Waals surface area contributed by atoms with Crippen molar-refractivity contribution in [3.05, 3.63) is 0 Å². The fraction of sp³-hybridized carbons (Fsp3) is 0.923. The number of fused-ring (bicyclic) bond motifs is 1. The van der Waals surface area contributed by atoms with Crippen LogP contribution in [0.25, 0.3) is 0 Å². The predicted octanol–water partition coefficient (Wildman–Crippen LogP) is 0.966. The third kappa shape index (κ3) is 2.78. The van der Waals surface area contributed by atoms with Gasteiger partial charge < -0.3 is 15.2 Å². The number of ether oxygens (including phenoxy) is 1. The van der Waals surface area contributed by atoms with E-state index in [9.17, 15) is 9.90 Å². The predicted molar refractivity (Wildman–Crippen MR) is 68.3 cm³/mol. The molecule has 5 nitrogen and oxygen atoms in total. The topological polar surface area (TPSA) is 61.8 Å². The lowest BCUT2D eigenvalue weighted by atomic mass is 9.94. The van der Waals surface area contributed by atoms with Crippen molar-refractivity contribution in [1.29, 1.82) is 0 Å². The van der Waals surface area contributed by atoms with Crippen LogP contribution in [-0.2, 0) is 4.74 Å². The lowest BCUT2D eigenvalue weighted by Crippen LogP contribution is -2.49. The number of carbonyl (C=O) groups excluding carboxylic acids is 1. The number of hydrogen-bond donors (Lipinski definition) is 2. The minimum atomic E-state index is -0.484. The summed E-state index contributed by atoms with van der Waals surface area (Å²) in [5, 5.41) is 12.8. The fourth-order valence-corrected chi connectivity index (χ4v) is 3.01. The Kier molecular flexibility index (Phi) is 3.82. The van der Waals surface area contributed by atoms with Gasteiger partial charge in [0, 0.05) is 6.04 Å². The number of rotatable bonds is 1. The van der Waals surface area contributed by atoms with Crippen LogP contribution >= 0.6 is 0 Å². The molecule has 0 saturated carbocycles. The van der Waals surface area contributed by atoms with E-state index >= 15 is 0 Å². The van der Waals surface area contributed by atoms with Crippen molar-refractivity contribution in [2.75, 3.05) is 19.7 Å². The van der Waals surface area contributed by atoms with Crippen LogP contribution in [0.3, 0.4) is 0 Å². The highest BCUT2D eigenvalue weighted by Crippen LogP contribution is 2.34. The van der Waals surface area contributed by atoms with Gasteiger partial charge >= 0.3 is 6.09 Å². The molecular weight excluding hydrogens is 232 g/mol. The Bertz CT molecular complexity index is 314. The quantitative estimate of drug-likeness (QED) is 0.734. The zero-order chi connectivity index (χ0) is 13.3. The second-order valence-electron chi connectivity index (χ2n) is 6.28. The molecule has 1 amide bonds. The zero-order valence-electron chi connectivity index (χ0n) is 11.5. The summed E-state index contributed by atoms with van der Waals surface area (Å²) in [6, 6.07) is 0.132. The minimum absolute atomic E-state index is 0.0201. The Balaban J connectivity index is 2.10. The van der Waals surface area contributed by atoms with Gasteiger partial charge in [-0.2, -0.15) is 0 Å². The van der Waals surface area contributed by atoms with Crippen LogP contribution in [-0.4, -0.2) is 53.5 Å². The summed E-state index contributed by atoms with van der Waals surface area (Å²) in [6.07, 6.45) is 1.53. The fourth-order valence-electron chi connectivity index (χ4n) is 3.01. The first-order valence-corrected chi connectivity index (χ1v) is 6.75. The van der Waals surface area contributed by atoms with Crippen molar-refractivity contribution in [2.24, 2.45) is 5.92 Å². The van der Waals surface area contributed by atoms with Crippen molar-refractivity contribution in [3.63, 3.8) is 0 Å². The van der Waals surface area contributed by atoms with E-state index in [0.717, 1.165) is 25.9 Å². The van der Waals surface area contributed by atoms with Crippen molar-refractivity contribution < 1.29 is 14.6 Å². The van der Waals surface area contributed by atoms with Gasteiger partial charge in [-0.1, -0.05) is 0 Å². The SMILES string of the molecule is CC(C)(C)OC(=O)N1C(CO)CC2CNCCC21. The number of nitrogens with one attached hydrogen (secondary N) is 1. The highest BCUT2D eigenvalue weighted by atomic mass is 16.6. The highest BCUT2D eigenvalue weighted by Gasteiger charge is 2.45. The van der Waals surface area contributed by atoms with Crippen LogP contribution in [0.1, 0.15) is 33.6 Å². The highest BCUT2D eigenvalue weighted by molar-refractivity contribution is 5.69. The Hall–Kier alpha value is -0.810. The molecule has 0 aromatic heterocycles. The molecule has 3 unspecified atom stereocenters. The maximum atomic E-state index is 12.3. The molecule has 2 aliphatic heterocycles. The summed E-state index contributed by atoms with van der Waals surface area (Å²) in [5.41, 5.74) is -0.484. The summed E-state index contributed by atoms with van der Waals surface area (Å²) >= 11 is 0. The number of piperidine rings is 1. The van der Waals surface area contributed by atoms with E-state index in [1.54, 1.807) is 4.90 Å². The van der Waals surface area contributed by atoms with E-state index in [1.807, 2.05) is 20.8 Å². The largest absolute Gasteiger partial charge is 0.444 e. The molecule has 18 heavy (non-hydrogen) atoms. The number of carbonyl (C=O) groups is 1. The summed E-state index contributed by atoms with van der Waals surface area (Å²) in [4.78, 5) is 14.0. The molecule has 2 fully saturated rings. The van der Waals surface area contributed by atoms with Crippen LogP contribution in [0.4, 0.5) is 4.79 Å². The van der Waals surface area contributed by atoms with Gasteiger partial charge in [0.15, 0.2) is 0 Å². The number of likely N-dealkylation sites (tertiary alicyclic amines) is 1. The first kappa shape index (κ1) is 13.6. The second-order valence-corrected chi connectivity index (χ2v) is 6.28. The van der Waals surface area contributed by atoms with Gasteiger partial charge in [0.05, 0.1) is 12.6 Å².